The maximum atomic E-state index is 12.0. The Morgan fingerprint density at radius 1 is 1.44 bits per heavy atom. The fraction of sp³-hybridized carbons (Fsp3) is 0.846. The number of likely N-dealkylation sites (tertiary alicyclic amines) is 1. The lowest BCUT2D eigenvalue weighted by Gasteiger charge is -2.27. The lowest BCUT2D eigenvalue weighted by atomic mass is 9.83. The minimum atomic E-state index is -0.831. The van der Waals surface area contributed by atoms with E-state index in [1.807, 2.05) is 13.8 Å². The summed E-state index contributed by atoms with van der Waals surface area (Å²) < 4.78 is 5.30. The van der Waals surface area contributed by atoms with E-state index in [4.69, 9.17) is 4.74 Å². The maximum absolute atomic E-state index is 12.0. The summed E-state index contributed by atoms with van der Waals surface area (Å²) in [6, 6.07) is -0.101. The molecule has 0 aromatic heterocycles. The number of carboxylic acid groups (broad SMARTS) is 1. The van der Waals surface area contributed by atoms with Gasteiger partial charge in [-0.2, -0.15) is 0 Å². The Bertz CT molecular complexity index is 347. The first-order valence-corrected chi connectivity index (χ1v) is 6.34. The first-order valence-electron chi connectivity index (χ1n) is 6.34. The van der Waals surface area contributed by atoms with Gasteiger partial charge in [0.25, 0.3) is 0 Å². The van der Waals surface area contributed by atoms with Crippen molar-refractivity contribution in [3.63, 3.8) is 0 Å². The summed E-state index contributed by atoms with van der Waals surface area (Å²) in [6.45, 7) is 9.35. The summed E-state index contributed by atoms with van der Waals surface area (Å²) in [5, 5.41) is 9.33. The number of aliphatic carboxylic acids is 1. The third-order valence-electron chi connectivity index (χ3n) is 3.45. The molecule has 1 aliphatic heterocycles. The molecule has 1 rings (SSSR count). The van der Waals surface area contributed by atoms with Crippen LogP contribution in [0.4, 0.5) is 4.79 Å². The average Bonchev–Trinajstić information content (AvgIpc) is 2.54. The lowest BCUT2D eigenvalue weighted by molar-refractivity contribution is -0.148. The van der Waals surface area contributed by atoms with E-state index in [1.54, 1.807) is 20.8 Å². The molecule has 1 N–H and O–H groups in total. The Morgan fingerprint density at radius 3 is 2.33 bits per heavy atom. The van der Waals surface area contributed by atoms with Crippen LogP contribution in [0, 0.1) is 5.41 Å². The van der Waals surface area contributed by atoms with Crippen LogP contribution in [0.2, 0.25) is 0 Å². The van der Waals surface area contributed by atoms with Crippen LogP contribution in [0.1, 0.15) is 47.5 Å². The largest absolute Gasteiger partial charge is 0.481 e. The molecule has 5 heteroatoms. The second-order valence-corrected chi connectivity index (χ2v) is 6.10. The molecule has 1 amide bonds. The van der Waals surface area contributed by atoms with E-state index in [2.05, 4.69) is 0 Å². The van der Waals surface area contributed by atoms with Crippen molar-refractivity contribution in [2.45, 2.75) is 59.1 Å². The second-order valence-electron chi connectivity index (χ2n) is 6.10. The smallest absolute Gasteiger partial charge is 0.410 e. The van der Waals surface area contributed by atoms with Crippen LogP contribution in [-0.4, -0.2) is 40.3 Å². The number of amides is 1. The standard InChI is InChI=1S/C13H23NO4/c1-6-13(10(15)16)7-9(2)14(8-13)11(17)18-12(3,4)5/h9H,6-8H2,1-5H3,(H,15,16). The molecule has 0 aromatic carbocycles. The minimum absolute atomic E-state index is 0.101. The fourth-order valence-corrected chi connectivity index (χ4v) is 2.35. The number of rotatable bonds is 2. The summed E-state index contributed by atoms with van der Waals surface area (Å²) in [5.41, 5.74) is -1.38. The molecule has 0 spiro atoms. The summed E-state index contributed by atoms with van der Waals surface area (Å²) in [7, 11) is 0. The molecule has 5 nitrogen and oxygen atoms in total. The summed E-state index contributed by atoms with van der Waals surface area (Å²) in [4.78, 5) is 24.9. The normalized spacial score (nSPS) is 28.3. The van der Waals surface area contributed by atoms with Crippen LogP contribution in [0.5, 0.6) is 0 Å². The number of nitrogens with zero attached hydrogens (tertiary/aromatic N) is 1. The highest BCUT2D eigenvalue weighted by Gasteiger charge is 2.49. The molecule has 104 valence electrons. The zero-order valence-corrected chi connectivity index (χ0v) is 11.8. The van der Waals surface area contributed by atoms with Crippen molar-refractivity contribution < 1.29 is 19.4 Å². The van der Waals surface area contributed by atoms with Gasteiger partial charge < -0.3 is 14.7 Å². The lowest BCUT2D eigenvalue weighted by Crippen LogP contribution is -2.40. The van der Waals surface area contributed by atoms with Gasteiger partial charge in [0.05, 0.1) is 5.41 Å². The summed E-state index contributed by atoms with van der Waals surface area (Å²) in [5.74, 6) is -0.831. The van der Waals surface area contributed by atoms with Crippen molar-refractivity contribution in [1.29, 1.82) is 0 Å². The van der Waals surface area contributed by atoms with Gasteiger partial charge in [-0.3, -0.25) is 4.79 Å². The van der Waals surface area contributed by atoms with Crippen molar-refractivity contribution in [3.8, 4) is 0 Å². The van der Waals surface area contributed by atoms with Gasteiger partial charge in [-0.15, -0.1) is 0 Å². The van der Waals surface area contributed by atoms with Crippen molar-refractivity contribution in [2.24, 2.45) is 5.41 Å². The van der Waals surface area contributed by atoms with E-state index in [-0.39, 0.29) is 12.6 Å². The first-order chi connectivity index (χ1) is 8.11. The van der Waals surface area contributed by atoms with Crippen LogP contribution >= 0.6 is 0 Å². The third-order valence-corrected chi connectivity index (χ3v) is 3.45. The molecule has 2 atom stereocenters. The van der Waals surface area contributed by atoms with Gasteiger partial charge in [-0.1, -0.05) is 6.92 Å². The zero-order valence-electron chi connectivity index (χ0n) is 11.8. The van der Waals surface area contributed by atoms with Gasteiger partial charge >= 0.3 is 12.1 Å². The molecule has 0 aromatic rings. The van der Waals surface area contributed by atoms with Gasteiger partial charge in [-0.05, 0) is 40.5 Å². The molecule has 1 fully saturated rings. The maximum Gasteiger partial charge on any atom is 0.410 e. The number of carbonyl (C=O) groups excluding carboxylic acids is 1. The quantitative estimate of drug-likeness (QED) is 0.825. The minimum Gasteiger partial charge on any atom is -0.481 e. The van der Waals surface area contributed by atoms with Gasteiger partial charge in [0, 0.05) is 12.6 Å². The molecule has 2 unspecified atom stereocenters. The van der Waals surface area contributed by atoms with E-state index < -0.39 is 23.1 Å². The molecular formula is C13H23NO4. The first kappa shape index (κ1) is 14.8. The predicted octanol–water partition coefficient (Wildman–Crippen LogP) is 2.50. The molecular weight excluding hydrogens is 234 g/mol. The van der Waals surface area contributed by atoms with E-state index in [0.717, 1.165) is 0 Å². The Labute approximate surface area is 108 Å². The van der Waals surface area contributed by atoms with Crippen LogP contribution in [0.3, 0.4) is 0 Å². The zero-order chi connectivity index (χ0) is 14.1. The van der Waals surface area contributed by atoms with Crippen molar-refractivity contribution in [1.82, 2.24) is 4.90 Å². The van der Waals surface area contributed by atoms with E-state index in [1.165, 1.54) is 4.90 Å². The van der Waals surface area contributed by atoms with Crippen LogP contribution < -0.4 is 0 Å². The topological polar surface area (TPSA) is 66.8 Å². The number of hydrogen-bond donors (Lipinski definition) is 1. The molecule has 1 saturated heterocycles. The summed E-state index contributed by atoms with van der Waals surface area (Å²) >= 11 is 0. The molecule has 1 aliphatic rings. The predicted molar refractivity (Wildman–Crippen MR) is 67.4 cm³/mol. The molecule has 0 radical (unpaired) electrons. The van der Waals surface area contributed by atoms with Gasteiger partial charge in [-0.25, -0.2) is 4.79 Å². The van der Waals surface area contributed by atoms with Gasteiger partial charge in [0.1, 0.15) is 5.60 Å². The van der Waals surface area contributed by atoms with E-state index >= 15 is 0 Å². The number of ether oxygens (including phenoxy) is 1. The Balaban J connectivity index is 2.82. The number of hydrogen-bond acceptors (Lipinski definition) is 3. The summed E-state index contributed by atoms with van der Waals surface area (Å²) in [6.07, 6.45) is 0.580. The highest BCUT2D eigenvalue weighted by Crippen LogP contribution is 2.38. The molecule has 1 heterocycles. The van der Waals surface area contributed by atoms with Gasteiger partial charge in [0.15, 0.2) is 0 Å². The fourth-order valence-electron chi connectivity index (χ4n) is 2.35. The van der Waals surface area contributed by atoms with E-state index in [0.29, 0.717) is 12.8 Å². The molecule has 0 bridgehead atoms. The van der Waals surface area contributed by atoms with E-state index in [9.17, 15) is 14.7 Å². The average molecular weight is 257 g/mol. The van der Waals surface area contributed by atoms with Crippen LogP contribution in [-0.2, 0) is 9.53 Å². The molecule has 0 aliphatic carbocycles. The molecule has 18 heavy (non-hydrogen) atoms. The highest BCUT2D eigenvalue weighted by atomic mass is 16.6. The van der Waals surface area contributed by atoms with Crippen molar-refractivity contribution >= 4 is 12.1 Å². The van der Waals surface area contributed by atoms with Crippen molar-refractivity contribution in [2.75, 3.05) is 6.54 Å². The second kappa shape index (κ2) is 4.78. The van der Waals surface area contributed by atoms with Gasteiger partial charge in [0.2, 0.25) is 0 Å². The number of carbonyl (C=O) groups is 2. The Hall–Kier alpha value is -1.26. The Kier molecular flexibility index (Phi) is 3.93. The third kappa shape index (κ3) is 2.94. The Morgan fingerprint density at radius 2 is 2.00 bits per heavy atom. The van der Waals surface area contributed by atoms with Crippen LogP contribution in [0.15, 0.2) is 0 Å². The monoisotopic (exact) mass is 257 g/mol. The van der Waals surface area contributed by atoms with Crippen LogP contribution in [0.25, 0.3) is 0 Å². The highest BCUT2D eigenvalue weighted by molar-refractivity contribution is 5.78. The van der Waals surface area contributed by atoms with Crippen molar-refractivity contribution in [3.05, 3.63) is 0 Å². The molecule has 0 saturated carbocycles. The number of carboxylic acids is 1. The SMILES string of the molecule is CCC1(C(=O)O)CC(C)N(C(=O)OC(C)(C)C)C1.